The van der Waals surface area contributed by atoms with Crippen molar-refractivity contribution in [2.24, 2.45) is 5.84 Å². The summed E-state index contributed by atoms with van der Waals surface area (Å²) >= 11 is 12.4. The number of ether oxygens (including phenoxy) is 1. The van der Waals surface area contributed by atoms with Crippen LogP contribution in [0.3, 0.4) is 0 Å². The van der Waals surface area contributed by atoms with Gasteiger partial charge in [0.05, 0.1) is 10.0 Å². The number of fused-ring (bicyclic) bond motifs is 6. The van der Waals surface area contributed by atoms with Gasteiger partial charge in [-0.2, -0.15) is 0 Å². The molecule has 3 aromatic carbocycles. The molecule has 0 aliphatic carbocycles. The molecule has 0 saturated heterocycles. The lowest BCUT2D eigenvalue weighted by Crippen LogP contribution is -2.51. The Bertz CT molecular complexity index is 1140. The highest BCUT2D eigenvalue weighted by molar-refractivity contribution is 6.32. The van der Waals surface area contributed by atoms with Crippen LogP contribution in [0.4, 0.5) is 0 Å². The molecule has 3 aromatic rings. The number of amides is 1. The molecule has 0 saturated carbocycles. The topological polar surface area (TPSA) is 96.0 Å². The fraction of sp³-hybridized carbons (Fsp3) is 0.0500. The quantitative estimate of drug-likeness (QED) is 0.379. The number of nitrogens with two attached hydrogens (primary N) is 1. The molecule has 2 aliphatic rings. The summed E-state index contributed by atoms with van der Waals surface area (Å²) in [4.78, 5) is 13.0. The Hall–Kier alpha value is -2.93. The Balaban J connectivity index is 1.97. The van der Waals surface area contributed by atoms with E-state index < -0.39 is 5.54 Å². The van der Waals surface area contributed by atoms with Gasteiger partial charge in [-0.15, -0.1) is 0 Å². The summed E-state index contributed by atoms with van der Waals surface area (Å²) in [6, 6.07) is 12.8. The lowest BCUT2D eigenvalue weighted by Gasteiger charge is -2.42. The molecule has 0 unspecified atom stereocenters. The maximum atomic E-state index is 13.0. The Morgan fingerprint density at radius 3 is 2.00 bits per heavy atom. The molecular weight excluding hydrogens is 403 g/mol. The van der Waals surface area contributed by atoms with Crippen LogP contribution < -0.4 is 10.6 Å². The van der Waals surface area contributed by atoms with Crippen molar-refractivity contribution in [3.05, 3.63) is 80.8 Å². The number of aromatic hydroxyl groups is 2. The maximum absolute atomic E-state index is 13.0. The highest BCUT2D eigenvalue weighted by Crippen LogP contribution is 2.58. The lowest BCUT2D eigenvalue weighted by molar-refractivity contribution is 0.0665. The van der Waals surface area contributed by atoms with Crippen molar-refractivity contribution in [2.45, 2.75) is 5.54 Å². The van der Waals surface area contributed by atoms with E-state index >= 15 is 0 Å². The SMILES string of the molecule is NN1C(=O)c2ccccc2C12c1cc(Cl)c(O)cc1Oc1cc(O)c(Cl)cc12. The molecule has 4 N–H and O–H groups in total. The summed E-state index contributed by atoms with van der Waals surface area (Å²) in [7, 11) is 0. The minimum Gasteiger partial charge on any atom is -0.506 e. The lowest BCUT2D eigenvalue weighted by atomic mass is 9.75. The van der Waals surface area contributed by atoms with Gasteiger partial charge in [0.15, 0.2) is 0 Å². The van der Waals surface area contributed by atoms with E-state index in [0.29, 0.717) is 22.3 Å². The molecule has 0 fully saturated rings. The number of hydrogen-bond donors (Lipinski definition) is 3. The zero-order valence-corrected chi connectivity index (χ0v) is 15.6. The normalized spacial score (nSPS) is 15.8. The molecule has 2 aliphatic heterocycles. The van der Waals surface area contributed by atoms with Crippen LogP contribution in [0, 0.1) is 0 Å². The van der Waals surface area contributed by atoms with E-state index in [-0.39, 0.29) is 39.0 Å². The van der Waals surface area contributed by atoms with Gasteiger partial charge in [-0.05, 0) is 18.2 Å². The van der Waals surface area contributed by atoms with Gasteiger partial charge in [-0.25, -0.2) is 5.84 Å². The summed E-state index contributed by atoms with van der Waals surface area (Å²) < 4.78 is 5.90. The predicted molar refractivity (Wildman–Crippen MR) is 103 cm³/mol. The first-order valence-electron chi connectivity index (χ1n) is 8.28. The molecule has 1 amide bonds. The first kappa shape index (κ1) is 17.2. The third-order valence-electron chi connectivity index (χ3n) is 5.22. The molecular formula is C20H12Cl2N2O4. The zero-order valence-electron chi connectivity index (χ0n) is 14.1. The fourth-order valence-electron chi connectivity index (χ4n) is 4.03. The molecule has 5 rings (SSSR count). The second-order valence-electron chi connectivity index (χ2n) is 6.63. The summed E-state index contributed by atoms with van der Waals surface area (Å²) in [5, 5.41) is 21.4. The van der Waals surface area contributed by atoms with E-state index in [2.05, 4.69) is 0 Å². The molecule has 0 aromatic heterocycles. The number of nitrogens with zero attached hydrogens (tertiary/aromatic N) is 1. The summed E-state index contributed by atoms with van der Waals surface area (Å²) in [6.07, 6.45) is 0. The Morgan fingerprint density at radius 1 is 0.893 bits per heavy atom. The number of rotatable bonds is 0. The smallest absolute Gasteiger partial charge is 0.269 e. The average Bonchev–Trinajstić information content (AvgIpc) is 2.89. The van der Waals surface area contributed by atoms with Gasteiger partial charge in [0.25, 0.3) is 5.91 Å². The highest BCUT2D eigenvalue weighted by atomic mass is 35.5. The molecule has 140 valence electrons. The van der Waals surface area contributed by atoms with E-state index in [4.69, 9.17) is 33.8 Å². The number of hydrazine groups is 1. The van der Waals surface area contributed by atoms with Gasteiger partial charge in [-0.1, -0.05) is 41.4 Å². The molecule has 0 bridgehead atoms. The van der Waals surface area contributed by atoms with Gasteiger partial charge >= 0.3 is 0 Å². The third kappa shape index (κ3) is 1.94. The number of phenolic OH excluding ortho intramolecular Hbond substituents is 2. The zero-order chi connectivity index (χ0) is 19.8. The minimum atomic E-state index is -1.29. The number of carbonyl (C=O) groups excluding carboxylic acids is 1. The van der Waals surface area contributed by atoms with Crippen LogP contribution in [0.25, 0.3) is 0 Å². The third-order valence-corrected chi connectivity index (χ3v) is 5.83. The van der Waals surface area contributed by atoms with Crippen molar-refractivity contribution in [1.29, 1.82) is 0 Å². The standard InChI is InChI=1S/C20H12Cl2N2O4/c21-13-5-11-17(7-15(13)25)28-18-8-16(26)14(22)6-12(18)20(11)10-4-2-1-3-9(10)19(27)24(20)23/h1-8,25-26H,23H2. The number of halogens is 2. The molecule has 28 heavy (non-hydrogen) atoms. The van der Waals surface area contributed by atoms with Crippen molar-refractivity contribution in [1.82, 2.24) is 5.01 Å². The van der Waals surface area contributed by atoms with Gasteiger partial charge in [-0.3, -0.25) is 9.80 Å². The van der Waals surface area contributed by atoms with Crippen LogP contribution >= 0.6 is 23.2 Å². The van der Waals surface area contributed by atoms with E-state index in [9.17, 15) is 15.0 Å². The number of phenols is 2. The predicted octanol–water partition coefficient (Wildman–Crippen LogP) is 4.13. The van der Waals surface area contributed by atoms with Crippen LogP contribution in [0.2, 0.25) is 10.0 Å². The van der Waals surface area contributed by atoms with Gasteiger partial charge in [0.2, 0.25) is 0 Å². The van der Waals surface area contributed by atoms with E-state index in [0.717, 1.165) is 5.01 Å². The number of carbonyl (C=O) groups is 1. The molecule has 0 radical (unpaired) electrons. The summed E-state index contributed by atoms with van der Waals surface area (Å²) in [5.74, 6) is 6.13. The van der Waals surface area contributed by atoms with E-state index in [1.54, 1.807) is 24.3 Å². The Morgan fingerprint density at radius 2 is 1.43 bits per heavy atom. The Labute approximate surface area is 169 Å². The van der Waals surface area contributed by atoms with E-state index in [1.165, 1.54) is 24.3 Å². The maximum Gasteiger partial charge on any atom is 0.269 e. The summed E-state index contributed by atoms with van der Waals surface area (Å²) in [6.45, 7) is 0. The largest absolute Gasteiger partial charge is 0.506 e. The van der Waals surface area contributed by atoms with Crippen molar-refractivity contribution in [3.63, 3.8) is 0 Å². The number of hydrogen-bond acceptors (Lipinski definition) is 5. The highest BCUT2D eigenvalue weighted by Gasteiger charge is 2.56. The summed E-state index contributed by atoms with van der Waals surface area (Å²) in [5.41, 5.74) is 0.718. The van der Waals surface area contributed by atoms with E-state index in [1.807, 2.05) is 0 Å². The minimum absolute atomic E-state index is 0.0836. The second kappa shape index (κ2) is 5.54. The number of benzene rings is 3. The first-order valence-corrected chi connectivity index (χ1v) is 9.04. The molecule has 2 heterocycles. The van der Waals surface area contributed by atoms with Crippen LogP contribution in [-0.2, 0) is 5.54 Å². The van der Waals surface area contributed by atoms with Crippen molar-refractivity contribution in [2.75, 3.05) is 0 Å². The fourth-order valence-corrected chi connectivity index (χ4v) is 4.36. The van der Waals surface area contributed by atoms with Crippen molar-refractivity contribution in [3.8, 4) is 23.0 Å². The van der Waals surface area contributed by atoms with Crippen LogP contribution in [0.1, 0.15) is 27.0 Å². The van der Waals surface area contributed by atoms with Crippen molar-refractivity contribution >= 4 is 29.1 Å². The van der Waals surface area contributed by atoms with Crippen LogP contribution in [0.15, 0.2) is 48.5 Å². The average molecular weight is 415 g/mol. The van der Waals surface area contributed by atoms with Crippen LogP contribution in [-0.4, -0.2) is 21.1 Å². The van der Waals surface area contributed by atoms with Crippen LogP contribution in [0.5, 0.6) is 23.0 Å². The molecule has 0 atom stereocenters. The van der Waals surface area contributed by atoms with Gasteiger partial charge in [0.1, 0.15) is 28.5 Å². The van der Waals surface area contributed by atoms with Gasteiger partial charge < -0.3 is 14.9 Å². The molecule has 8 heteroatoms. The second-order valence-corrected chi connectivity index (χ2v) is 7.45. The first-order chi connectivity index (χ1) is 13.4. The van der Waals surface area contributed by atoms with Crippen molar-refractivity contribution < 1.29 is 19.7 Å². The monoisotopic (exact) mass is 414 g/mol. The molecule has 6 nitrogen and oxygen atoms in total. The van der Waals surface area contributed by atoms with Gasteiger partial charge in [0, 0.05) is 34.4 Å². The Kier molecular flexibility index (Phi) is 3.40. The molecule has 1 spiro atoms.